The Balaban J connectivity index is 2.20. The van der Waals surface area contributed by atoms with E-state index < -0.39 is 38.8 Å². The molecule has 1 heterocycles. The Kier molecular flexibility index (Phi) is 8.50. The van der Waals surface area contributed by atoms with Crippen LogP contribution in [0.1, 0.15) is 33.3 Å². The van der Waals surface area contributed by atoms with Gasteiger partial charge in [-0.25, -0.2) is 0 Å². The number of benzene rings is 1. The van der Waals surface area contributed by atoms with E-state index in [2.05, 4.69) is 43.9 Å². The highest BCUT2D eigenvalue weighted by molar-refractivity contribution is 6.74. The van der Waals surface area contributed by atoms with Gasteiger partial charge in [0, 0.05) is 11.8 Å². The van der Waals surface area contributed by atoms with Gasteiger partial charge >= 0.3 is 5.97 Å². The van der Waals surface area contributed by atoms with Gasteiger partial charge in [0.25, 0.3) is 0 Å². The highest BCUT2D eigenvalue weighted by Crippen LogP contribution is 2.39. The molecule has 1 aliphatic heterocycles. The van der Waals surface area contributed by atoms with Gasteiger partial charge in [-0.15, -0.1) is 0 Å². The van der Waals surface area contributed by atoms with Crippen LogP contribution in [0.15, 0.2) is 29.4 Å². The number of methoxy groups -OCH3 is 1. The highest BCUT2D eigenvalue weighted by atomic mass is 28.4. The van der Waals surface area contributed by atoms with Crippen molar-refractivity contribution in [2.45, 2.75) is 77.0 Å². The summed E-state index contributed by atoms with van der Waals surface area (Å²) in [5.41, 5.74) is 10.1. The number of nitrogens with zero attached hydrogens (tertiary/aromatic N) is 3. The topological polar surface area (TPSA) is 112 Å². The highest BCUT2D eigenvalue weighted by Gasteiger charge is 2.48. The Hall–Kier alpha value is -2.10. The zero-order chi connectivity index (χ0) is 23.2. The molecule has 0 spiro atoms. The van der Waals surface area contributed by atoms with Gasteiger partial charge in [0.2, 0.25) is 0 Å². The van der Waals surface area contributed by atoms with Crippen molar-refractivity contribution in [3.8, 4) is 5.75 Å². The fourth-order valence-electron chi connectivity index (χ4n) is 2.97. The number of rotatable bonds is 8. The van der Waals surface area contributed by atoms with E-state index in [0.29, 0.717) is 0 Å². The molecule has 0 amide bonds. The van der Waals surface area contributed by atoms with Crippen molar-refractivity contribution in [2.24, 2.45) is 5.11 Å². The second kappa shape index (κ2) is 10.5. The summed E-state index contributed by atoms with van der Waals surface area (Å²) < 4.78 is 28.9. The van der Waals surface area contributed by atoms with Crippen LogP contribution in [0, 0.1) is 0 Å². The predicted molar refractivity (Wildman–Crippen MR) is 118 cm³/mol. The SMILES string of the molecule is COc1ccc(COC2OC[C@@H](O[Si](C)(C)C(C)(C)C)[C@H](N=[N+]=[N-])C2OC(C)=O)cc1. The first-order valence-corrected chi connectivity index (χ1v) is 13.1. The summed E-state index contributed by atoms with van der Waals surface area (Å²) in [5.74, 6) is 0.224. The van der Waals surface area contributed by atoms with Crippen LogP contribution in [0.3, 0.4) is 0 Å². The molecular formula is C21H33N3O6Si. The number of carbonyl (C=O) groups is 1. The van der Waals surface area contributed by atoms with Gasteiger partial charge < -0.3 is 23.4 Å². The standard InChI is InChI=1S/C21H33N3O6Si/c1-14(25)29-19-18(23-24-22)17(30-31(6,7)21(2,3)4)13-28-20(19)27-12-15-8-10-16(26-5)11-9-15/h8-11,17-20H,12-13H2,1-7H3/t17-,18+,19?,20?/m1/s1. The van der Waals surface area contributed by atoms with Gasteiger partial charge in [-0.05, 0) is 41.4 Å². The Labute approximate surface area is 184 Å². The molecule has 172 valence electrons. The fourth-order valence-corrected chi connectivity index (χ4v) is 4.29. The largest absolute Gasteiger partial charge is 0.497 e. The smallest absolute Gasteiger partial charge is 0.303 e. The predicted octanol–water partition coefficient (Wildman–Crippen LogP) is 4.57. The molecule has 1 aromatic carbocycles. The van der Waals surface area contributed by atoms with Crippen molar-refractivity contribution in [1.82, 2.24) is 0 Å². The summed E-state index contributed by atoms with van der Waals surface area (Å²) in [6, 6.07) is 6.64. The number of azide groups is 1. The van der Waals surface area contributed by atoms with E-state index in [1.165, 1.54) is 6.92 Å². The molecule has 1 aromatic rings. The summed E-state index contributed by atoms with van der Waals surface area (Å²) in [6.07, 6.45) is -2.35. The first-order valence-electron chi connectivity index (χ1n) is 10.2. The molecule has 10 heteroatoms. The van der Waals surface area contributed by atoms with Crippen LogP contribution < -0.4 is 4.74 Å². The second-order valence-corrected chi connectivity index (χ2v) is 13.8. The number of hydrogen-bond acceptors (Lipinski definition) is 7. The van der Waals surface area contributed by atoms with Crippen molar-refractivity contribution in [3.05, 3.63) is 40.3 Å². The van der Waals surface area contributed by atoms with E-state index in [9.17, 15) is 10.3 Å². The summed E-state index contributed by atoms with van der Waals surface area (Å²) in [6.45, 7) is 12.3. The molecule has 2 unspecified atom stereocenters. The van der Waals surface area contributed by atoms with Crippen LogP contribution >= 0.6 is 0 Å². The average Bonchev–Trinajstić information content (AvgIpc) is 2.68. The Bertz CT molecular complexity index is 789. The van der Waals surface area contributed by atoms with Crippen molar-refractivity contribution in [3.63, 3.8) is 0 Å². The van der Waals surface area contributed by atoms with Gasteiger partial charge in [0.1, 0.15) is 11.8 Å². The van der Waals surface area contributed by atoms with Crippen LogP contribution in [-0.4, -0.2) is 52.5 Å². The van der Waals surface area contributed by atoms with E-state index >= 15 is 0 Å². The molecule has 0 N–H and O–H groups in total. The third-order valence-electron chi connectivity index (χ3n) is 5.72. The molecule has 9 nitrogen and oxygen atoms in total. The maximum absolute atomic E-state index is 11.8. The number of esters is 1. The maximum atomic E-state index is 11.8. The van der Waals surface area contributed by atoms with E-state index in [1.807, 2.05) is 24.3 Å². The van der Waals surface area contributed by atoms with E-state index in [0.717, 1.165) is 11.3 Å². The van der Waals surface area contributed by atoms with Crippen LogP contribution in [0.25, 0.3) is 10.4 Å². The Morgan fingerprint density at radius 1 is 1.29 bits per heavy atom. The second-order valence-electron chi connectivity index (χ2n) is 9.05. The zero-order valence-corrected chi connectivity index (χ0v) is 20.3. The third kappa shape index (κ3) is 6.69. The molecule has 0 aromatic heterocycles. The van der Waals surface area contributed by atoms with Crippen LogP contribution in [0.5, 0.6) is 5.75 Å². The average molecular weight is 452 g/mol. The van der Waals surface area contributed by atoms with Crippen molar-refractivity contribution < 1.29 is 28.2 Å². The minimum atomic E-state index is -2.19. The van der Waals surface area contributed by atoms with E-state index in [4.69, 9.17) is 23.4 Å². The van der Waals surface area contributed by atoms with Crippen molar-refractivity contribution in [1.29, 1.82) is 0 Å². The van der Waals surface area contributed by atoms with Crippen LogP contribution in [-0.2, 0) is 30.0 Å². The van der Waals surface area contributed by atoms with Crippen LogP contribution in [0.2, 0.25) is 18.1 Å². The van der Waals surface area contributed by atoms with Crippen molar-refractivity contribution >= 4 is 14.3 Å². The molecular weight excluding hydrogens is 418 g/mol. The van der Waals surface area contributed by atoms with Gasteiger partial charge in [-0.3, -0.25) is 4.79 Å². The van der Waals surface area contributed by atoms with Gasteiger partial charge in [0.05, 0.1) is 26.4 Å². The normalized spacial score (nSPS) is 24.2. The molecule has 2 rings (SSSR count). The Morgan fingerprint density at radius 2 is 1.94 bits per heavy atom. The minimum absolute atomic E-state index is 0.0491. The molecule has 1 saturated heterocycles. The lowest BCUT2D eigenvalue weighted by atomic mass is 10.0. The lowest BCUT2D eigenvalue weighted by molar-refractivity contribution is -0.251. The zero-order valence-electron chi connectivity index (χ0n) is 19.3. The first-order chi connectivity index (χ1) is 14.5. The van der Waals surface area contributed by atoms with E-state index in [1.54, 1.807) is 7.11 Å². The quantitative estimate of drug-likeness (QED) is 0.188. The fraction of sp³-hybridized carbons (Fsp3) is 0.667. The number of carbonyl (C=O) groups excluding carboxylic acids is 1. The summed E-state index contributed by atoms with van der Waals surface area (Å²) in [4.78, 5) is 14.8. The first kappa shape index (κ1) is 25.2. The maximum Gasteiger partial charge on any atom is 0.303 e. The van der Waals surface area contributed by atoms with Crippen LogP contribution in [0.4, 0.5) is 0 Å². The molecule has 0 aliphatic carbocycles. The third-order valence-corrected chi connectivity index (χ3v) is 10.2. The molecule has 0 radical (unpaired) electrons. The summed E-state index contributed by atoms with van der Waals surface area (Å²) >= 11 is 0. The minimum Gasteiger partial charge on any atom is -0.497 e. The molecule has 1 aliphatic rings. The number of hydrogen-bond donors (Lipinski definition) is 0. The lowest BCUT2D eigenvalue weighted by Crippen LogP contribution is -2.58. The molecule has 0 bridgehead atoms. The van der Waals surface area contributed by atoms with Gasteiger partial charge in [-0.2, -0.15) is 0 Å². The lowest BCUT2D eigenvalue weighted by Gasteiger charge is -2.45. The molecule has 1 fully saturated rings. The Morgan fingerprint density at radius 3 is 2.45 bits per heavy atom. The molecule has 31 heavy (non-hydrogen) atoms. The van der Waals surface area contributed by atoms with Gasteiger partial charge in [0.15, 0.2) is 20.7 Å². The summed E-state index contributed by atoms with van der Waals surface area (Å²) in [7, 11) is -0.591. The van der Waals surface area contributed by atoms with E-state index in [-0.39, 0.29) is 18.3 Å². The van der Waals surface area contributed by atoms with Crippen molar-refractivity contribution in [2.75, 3.05) is 13.7 Å². The molecule has 0 saturated carbocycles. The summed E-state index contributed by atoms with van der Waals surface area (Å²) in [5, 5.41) is 3.87. The number of ether oxygens (including phenoxy) is 4. The monoisotopic (exact) mass is 451 g/mol. The molecule has 4 atom stereocenters. The van der Waals surface area contributed by atoms with Gasteiger partial charge in [-0.1, -0.05) is 38.0 Å².